The van der Waals surface area contributed by atoms with Gasteiger partial charge in [0.1, 0.15) is 12.1 Å². The molecule has 2 N–H and O–H groups in total. The molecular weight excluding hydrogens is 248 g/mol. The van der Waals surface area contributed by atoms with Crippen LogP contribution < -0.4 is 15.9 Å². The number of nitrogens with one attached hydrogen (secondary N) is 2. The van der Waals surface area contributed by atoms with Crippen molar-refractivity contribution in [1.29, 1.82) is 0 Å². The van der Waals surface area contributed by atoms with Crippen molar-refractivity contribution >= 4 is 11.5 Å². The van der Waals surface area contributed by atoms with E-state index in [1.165, 1.54) is 10.7 Å². The lowest BCUT2D eigenvalue weighted by molar-refractivity contribution is 0.0339. The van der Waals surface area contributed by atoms with Crippen LogP contribution in [0, 0.1) is 0 Å². The zero-order chi connectivity index (χ0) is 13.2. The molecule has 0 bridgehead atoms. The summed E-state index contributed by atoms with van der Waals surface area (Å²) in [7, 11) is 1.95. The van der Waals surface area contributed by atoms with Gasteiger partial charge in [-0.15, -0.1) is 0 Å². The molecule has 1 atom stereocenters. The molecule has 1 unspecified atom stereocenters. The fourth-order valence-electron chi connectivity index (χ4n) is 2.14. The lowest BCUT2D eigenvalue weighted by atomic mass is 10.3. The molecule has 0 amide bonds. The minimum Gasteiger partial charge on any atom is -0.374 e. The maximum atomic E-state index is 11.3. The Hall–Kier alpha value is -1.93. The monoisotopic (exact) mass is 264 g/mol. The summed E-state index contributed by atoms with van der Waals surface area (Å²) in [6.07, 6.45) is 1.63. The number of aromatic nitrogens is 4. The summed E-state index contributed by atoms with van der Waals surface area (Å²) in [6, 6.07) is 1.77. The van der Waals surface area contributed by atoms with Crippen LogP contribution in [0.25, 0.3) is 5.65 Å². The summed E-state index contributed by atoms with van der Waals surface area (Å²) in [5.41, 5.74) is 0.279. The highest BCUT2D eigenvalue weighted by atomic mass is 16.5. The van der Waals surface area contributed by atoms with E-state index in [0.29, 0.717) is 5.65 Å². The molecule has 1 saturated heterocycles. The first-order valence-electron chi connectivity index (χ1n) is 6.20. The Morgan fingerprint density at radius 3 is 3.32 bits per heavy atom. The molecule has 8 nitrogen and oxygen atoms in total. The highest BCUT2D eigenvalue weighted by molar-refractivity contribution is 5.49. The molecule has 2 aromatic rings. The first kappa shape index (κ1) is 12.1. The van der Waals surface area contributed by atoms with Crippen LogP contribution in [0.1, 0.15) is 0 Å². The van der Waals surface area contributed by atoms with E-state index in [1.54, 1.807) is 6.07 Å². The molecule has 0 radical (unpaired) electrons. The second-order valence-electron chi connectivity index (χ2n) is 4.58. The Balaban J connectivity index is 1.76. The first-order chi connectivity index (χ1) is 9.24. The molecule has 0 aliphatic carbocycles. The van der Waals surface area contributed by atoms with Crippen molar-refractivity contribution in [2.75, 3.05) is 38.2 Å². The van der Waals surface area contributed by atoms with Crippen molar-refractivity contribution in [3.05, 3.63) is 22.9 Å². The third kappa shape index (κ3) is 2.45. The average Bonchev–Trinajstić information content (AvgIpc) is 2.81. The van der Waals surface area contributed by atoms with Gasteiger partial charge in [-0.1, -0.05) is 0 Å². The van der Waals surface area contributed by atoms with Gasteiger partial charge in [-0.3, -0.25) is 0 Å². The van der Waals surface area contributed by atoms with Crippen LogP contribution in [-0.2, 0) is 4.74 Å². The number of rotatable bonds is 3. The lowest BCUT2D eigenvalue weighted by Gasteiger charge is -2.28. The quantitative estimate of drug-likeness (QED) is 0.727. The zero-order valence-corrected chi connectivity index (χ0v) is 10.7. The molecule has 3 heterocycles. The van der Waals surface area contributed by atoms with Gasteiger partial charge >= 0.3 is 5.69 Å². The largest absolute Gasteiger partial charge is 0.374 e. The first-order valence-corrected chi connectivity index (χ1v) is 6.20. The number of H-pyrrole nitrogens is 1. The molecule has 1 aliphatic rings. The number of hydrogen-bond acceptors (Lipinski definition) is 6. The number of hydrogen-bond donors (Lipinski definition) is 2. The molecule has 1 fully saturated rings. The third-order valence-corrected chi connectivity index (χ3v) is 3.17. The number of morpholine rings is 1. The highest BCUT2D eigenvalue weighted by Crippen LogP contribution is 2.11. The predicted octanol–water partition coefficient (Wildman–Crippen LogP) is -1.16. The van der Waals surface area contributed by atoms with Gasteiger partial charge in [0, 0.05) is 32.7 Å². The van der Waals surface area contributed by atoms with Crippen molar-refractivity contribution < 1.29 is 4.74 Å². The van der Waals surface area contributed by atoms with Crippen LogP contribution >= 0.6 is 0 Å². The summed E-state index contributed by atoms with van der Waals surface area (Å²) in [4.78, 5) is 17.6. The van der Waals surface area contributed by atoms with E-state index in [0.717, 1.165) is 32.1 Å². The number of ether oxygens (including phenoxy) is 1. The normalized spacial score (nSPS) is 19.7. The number of nitrogens with zero attached hydrogens (tertiary/aromatic N) is 4. The van der Waals surface area contributed by atoms with E-state index >= 15 is 0 Å². The fraction of sp³-hybridized carbons (Fsp3) is 0.545. The van der Waals surface area contributed by atoms with Crippen molar-refractivity contribution in [2.45, 2.75) is 6.10 Å². The summed E-state index contributed by atoms with van der Waals surface area (Å²) in [5, 5.41) is 9.60. The van der Waals surface area contributed by atoms with Crippen LogP contribution in [-0.4, -0.2) is 59.0 Å². The third-order valence-electron chi connectivity index (χ3n) is 3.17. The van der Waals surface area contributed by atoms with Crippen LogP contribution in [0.15, 0.2) is 17.2 Å². The number of likely N-dealkylation sites (N-methyl/N-ethyl adjacent to an activating group) is 1. The van der Waals surface area contributed by atoms with Crippen molar-refractivity contribution in [2.24, 2.45) is 0 Å². The van der Waals surface area contributed by atoms with Crippen molar-refractivity contribution in [3.8, 4) is 0 Å². The number of anilines is 1. The molecule has 102 valence electrons. The second kappa shape index (κ2) is 4.98. The van der Waals surface area contributed by atoms with Crippen LogP contribution in [0.2, 0.25) is 0 Å². The van der Waals surface area contributed by atoms with E-state index in [4.69, 9.17) is 4.74 Å². The topological polar surface area (TPSA) is 87.5 Å². The number of fused-ring (bicyclic) bond motifs is 1. The molecular formula is C11H16N6O2. The highest BCUT2D eigenvalue weighted by Gasteiger charge is 2.16. The van der Waals surface area contributed by atoms with Crippen LogP contribution in [0.3, 0.4) is 0 Å². The fourth-order valence-corrected chi connectivity index (χ4v) is 2.14. The Morgan fingerprint density at radius 1 is 1.63 bits per heavy atom. The van der Waals surface area contributed by atoms with E-state index in [9.17, 15) is 4.79 Å². The van der Waals surface area contributed by atoms with Gasteiger partial charge in [0.25, 0.3) is 0 Å². The van der Waals surface area contributed by atoms with Gasteiger partial charge in [-0.2, -0.15) is 5.10 Å². The van der Waals surface area contributed by atoms with Gasteiger partial charge in [0.2, 0.25) is 0 Å². The maximum absolute atomic E-state index is 11.3. The molecule has 0 spiro atoms. The minimum atomic E-state index is -0.281. The summed E-state index contributed by atoms with van der Waals surface area (Å²) < 4.78 is 7.02. The standard InChI is InChI=1S/C11H16N6O2/c1-16(6-8-5-12-2-3-19-8)9-4-10-14-15-11(18)17(10)7-13-9/h4,7-8,12H,2-3,5-6H2,1H3,(H,15,18). The maximum Gasteiger partial charge on any atom is 0.348 e. The SMILES string of the molecule is CN(CC1CNCCO1)c1cc2n[nH]c(=O)n2cn1. The lowest BCUT2D eigenvalue weighted by Crippen LogP contribution is -2.44. The Kier molecular flexibility index (Phi) is 3.18. The number of aromatic amines is 1. The molecule has 19 heavy (non-hydrogen) atoms. The molecule has 3 rings (SSSR count). The smallest absolute Gasteiger partial charge is 0.348 e. The Morgan fingerprint density at radius 2 is 2.53 bits per heavy atom. The van der Waals surface area contributed by atoms with Crippen molar-refractivity contribution in [1.82, 2.24) is 24.9 Å². The van der Waals surface area contributed by atoms with E-state index < -0.39 is 0 Å². The average molecular weight is 264 g/mol. The second-order valence-corrected chi connectivity index (χ2v) is 4.58. The van der Waals surface area contributed by atoms with E-state index in [1.807, 2.05) is 11.9 Å². The molecule has 1 aliphatic heterocycles. The van der Waals surface area contributed by atoms with Crippen LogP contribution in [0.5, 0.6) is 0 Å². The molecule has 0 saturated carbocycles. The zero-order valence-electron chi connectivity index (χ0n) is 10.7. The summed E-state index contributed by atoms with van der Waals surface area (Å²) in [6.45, 7) is 3.22. The Bertz CT molecular complexity index is 615. The summed E-state index contributed by atoms with van der Waals surface area (Å²) >= 11 is 0. The van der Waals surface area contributed by atoms with Crippen molar-refractivity contribution in [3.63, 3.8) is 0 Å². The predicted molar refractivity (Wildman–Crippen MR) is 69.5 cm³/mol. The van der Waals surface area contributed by atoms with Crippen LogP contribution in [0.4, 0.5) is 5.82 Å². The van der Waals surface area contributed by atoms with Gasteiger partial charge in [0.05, 0.1) is 12.7 Å². The molecule has 2 aromatic heterocycles. The van der Waals surface area contributed by atoms with Gasteiger partial charge in [-0.25, -0.2) is 19.3 Å². The van der Waals surface area contributed by atoms with Gasteiger partial charge in [-0.05, 0) is 0 Å². The van der Waals surface area contributed by atoms with E-state index in [-0.39, 0.29) is 11.8 Å². The molecule has 0 aromatic carbocycles. The van der Waals surface area contributed by atoms with Gasteiger partial charge < -0.3 is 15.0 Å². The Labute approximate surface area is 109 Å². The summed E-state index contributed by atoms with van der Waals surface area (Å²) in [5.74, 6) is 0.765. The minimum absolute atomic E-state index is 0.151. The molecule has 8 heteroatoms. The van der Waals surface area contributed by atoms with E-state index in [2.05, 4.69) is 20.5 Å². The van der Waals surface area contributed by atoms with Gasteiger partial charge in [0.15, 0.2) is 5.65 Å².